The Morgan fingerprint density at radius 3 is 2.57 bits per heavy atom. The first-order valence-corrected chi connectivity index (χ1v) is 10.5. The van der Waals surface area contributed by atoms with Crippen LogP contribution in [0, 0.1) is 11.7 Å². The molecule has 3 rings (SSSR count). The van der Waals surface area contributed by atoms with Gasteiger partial charge in [-0.05, 0) is 24.1 Å². The lowest BCUT2D eigenvalue weighted by molar-refractivity contribution is -0.116. The summed E-state index contributed by atoms with van der Waals surface area (Å²) in [5.41, 5.74) is 1.20. The van der Waals surface area contributed by atoms with Crippen molar-refractivity contribution in [1.82, 2.24) is 15.1 Å². The molecule has 8 heteroatoms. The molecule has 0 radical (unpaired) electrons. The third kappa shape index (κ3) is 5.93. The summed E-state index contributed by atoms with van der Waals surface area (Å²) in [5.74, 6) is -0.805. The highest BCUT2D eigenvalue weighted by Crippen LogP contribution is 2.26. The van der Waals surface area contributed by atoms with Crippen LogP contribution in [0.15, 0.2) is 54.6 Å². The first-order valence-electron chi connectivity index (χ1n) is 9.66. The molecule has 30 heavy (non-hydrogen) atoms. The Morgan fingerprint density at radius 2 is 1.87 bits per heavy atom. The van der Waals surface area contributed by atoms with E-state index in [2.05, 4.69) is 15.5 Å². The zero-order chi connectivity index (χ0) is 21.5. The van der Waals surface area contributed by atoms with Gasteiger partial charge in [-0.3, -0.25) is 9.59 Å². The highest BCUT2D eigenvalue weighted by molar-refractivity contribution is 7.18. The molecule has 2 amide bonds. The zero-order valence-corrected chi connectivity index (χ0v) is 17.7. The van der Waals surface area contributed by atoms with Crippen molar-refractivity contribution in [3.8, 4) is 10.6 Å². The summed E-state index contributed by atoms with van der Waals surface area (Å²) in [4.78, 5) is 26.7. The van der Waals surface area contributed by atoms with Gasteiger partial charge in [0.25, 0.3) is 5.91 Å². The number of halogens is 1. The number of nitrogens with zero attached hydrogens (tertiary/aromatic N) is 3. The normalized spacial score (nSPS) is 10.8. The predicted octanol–water partition coefficient (Wildman–Crippen LogP) is 4.47. The summed E-state index contributed by atoms with van der Waals surface area (Å²) in [5, 5.41) is 12.0. The molecule has 0 aliphatic rings. The van der Waals surface area contributed by atoms with Crippen molar-refractivity contribution >= 4 is 28.3 Å². The van der Waals surface area contributed by atoms with Gasteiger partial charge in [-0.25, -0.2) is 4.39 Å². The fourth-order valence-corrected chi connectivity index (χ4v) is 3.68. The van der Waals surface area contributed by atoms with Crippen LogP contribution in [0.3, 0.4) is 0 Å². The minimum Gasteiger partial charge on any atom is -0.338 e. The van der Waals surface area contributed by atoms with Crippen molar-refractivity contribution in [1.29, 1.82) is 0 Å². The quantitative estimate of drug-likeness (QED) is 0.577. The van der Waals surface area contributed by atoms with Gasteiger partial charge in [-0.15, -0.1) is 10.2 Å². The molecule has 0 bridgehead atoms. The Balaban J connectivity index is 1.60. The van der Waals surface area contributed by atoms with Crippen LogP contribution < -0.4 is 5.32 Å². The highest BCUT2D eigenvalue weighted by atomic mass is 32.1. The molecule has 0 fully saturated rings. The molecule has 0 atom stereocenters. The lowest BCUT2D eigenvalue weighted by Gasteiger charge is -2.24. The van der Waals surface area contributed by atoms with Crippen LogP contribution in [0.5, 0.6) is 0 Å². The average molecular weight is 427 g/mol. The van der Waals surface area contributed by atoms with E-state index in [0.717, 1.165) is 5.56 Å². The first kappa shape index (κ1) is 21.6. The van der Waals surface area contributed by atoms with Gasteiger partial charge in [-0.2, -0.15) is 0 Å². The minimum absolute atomic E-state index is 0.105. The van der Waals surface area contributed by atoms with Crippen molar-refractivity contribution in [3.63, 3.8) is 0 Å². The maximum atomic E-state index is 13.5. The molecule has 0 unspecified atom stereocenters. The number of amides is 2. The van der Waals surface area contributed by atoms with Gasteiger partial charge in [0.2, 0.25) is 11.0 Å². The van der Waals surface area contributed by atoms with Crippen LogP contribution in [0.4, 0.5) is 9.52 Å². The van der Waals surface area contributed by atoms with Gasteiger partial charge in [0.05, 0.1) is 0 Å². The summed E-state index contributed by atoms with van der Waals surface area (Å²) in [6.45, 7) is 4.67. The third-order valence-corrected chi connectivity index (χ3v) is 5.13. The summed E-state index contributed by atoms with van der Waals surface area (Å²) >= 11 is 1.29. The monoisotopic (exact) mass is 426 g/mol. The number of hydrogen-bond donors (Lipinski definition) is 1. The summed E-state index contributed by atoms with van der Waals surface area (Å²) < 4.78 is 13.5. The molecule has 156 valence electrons. The number of carbonyl (C=O) groups is 2. The van der Waals surface area contributed by atoms with E-state index in [-0.39, 0.29) is 36.3 Å². The van der Waals surface area contributed by atoms with Crippen molar-refractivity contribution in [2.75, 3.05) is 18.4 Å². The molecular formula is C22H23FN4O2S. The maximum Gasteiger partial charge on any atom is 0.253 e. The molecule has 0 saturated heterocycles. The van der Waals surface area contributed by atoms with Crippen LogP contribution in [0.25, 0.3) is 10.6 Å². The van der Waals surface area contributed by atoms with Gasteiger partial charge >= 0.3 is 0 Å². The fraction of sp³-hybridized carbons (Fsp3) is 0.273. The topological polar surface area (TPSA) is 75.2 Å². The van der Waals surface area contributed by atoms with Crippen molar-refractivity contribution in [2.24, 2.45) is 5.92 Å². The van der Waals surface area contributed by atoms with Crippen LogP contribution >= 0.6 is 11.3 Å². The van der Waals surface area contributed by atoms with Crippen molar-refractivity contribution < 1.29 is 14.0 Å². The number of anilines is 1. The van der Waals surface area contributed by atoms with Crippen molar-refractivity contribution in [2.45, 2.75) is 20.3 Å². The number of rotatable bonds is 8. The Labute approximate surface area is 178 Å². The molecule has 1 heterocycles. The Hall–Kier alpha value is -3.13. The van der Waals surface area contributed by atoms with E-state index in [0.29, 0.717) is 16.7 Å². The van der Waals surface area contributed by atoms with Gasteiger partial charge in [-0.1, -0.05) is 61.6 Å². The number of nitrogens with one attached hydrogen (secondary N) is 1. The molecule has 1 aromatic heterocycles. The molecule has 3 aromatic rings. The Bertz CT molecular complexity index is 1010. The SMILES string of the molecule is CC(C)CN(CCC(=O)Nc1nnc(-c2ccccc2)s1)C(=O)c1cccc(F)c1. The van der Waals surface area contributed by atoms with Crippen LogP contribution in [-0.4, -0.2) is 40.0 Å². The number of benzene rings is 2. The van der Waals surface area contributed by atoms with Gasteiger partial charge in [0, 0.05) is 30.6 Å². The Kier molecular flexibility index (Phi) is 7.24. The van der Waals surface area contributed by atoms with Crippen LogP contribution in [0.1, 0.15) is 30.6 Å². The van der Waals surface area contributed by atoms with E-state index in [4.69, 9.17) is 0 Å². The van der Waals surface area contributed by atoms with E-state index in [1.54, 1.807) is 11.0 Å². The molecule has 2 aromatic carbocycles. The second-order valence-electron chi connectivity index (χ2n) is 7.23. The van der Waals surface area contributed by atoms with E-state index >= 15 is 0 Å². The van der Waals surface area contributed by atoms with Gasteiger partial charge in [0.1, 0.15) is 10.8 Å². The fourth-order valence-electron chi connectivity index (χ4n) is 2.91. The third-order valence-electron chi connectivity index (χ3n) is 4.25. The van der Waals surface area contributed by atoms with E-state index < -0.39 is 5.82 Å². The summed E-state index contributed by atoms with van der Waals surface area (Å²) in [6, 6.07) is 15.2. The molecule has 1 N–H and O–H groups in total. The standard InChI is InChI=1S/C22H23FN4O2S/c1-15(2)14-27(21(29)17-9-6-10-18(23)13-17)12-11-19(28)24-22-26-25-20(30-22)16-7-4-3-5-8-16/h3-10,13,15H,11-12,14H2,1-2H3,(H,24,26,28). The zero-order valence-electron chi connectivity index (χ0n) is 16.8. The molecular weight excluding hydrogens is 403 g/mol. The maximum absolute atomic E-state index is 13.5. The molecule has 0 aliphatic heterocycles. The molecule has 0 aliphatic carbocycles. The largest absolute Gasteiger partial charge is 0.338 e. The minimum atomic E-state index is -0.464. The smallest absolute Gasteiger partial charge is 0.253 e. The lowest BCUT2D eigenvalue weighted by atomic mass is 10.1. The van der Waals surface area contributed by atoms with Gasteiger partial charge < -0.3 is 10.2 Å². The summed E-state index contributed by atoms with van der Waals surface area (Å²) in [7, 11) is 0. The average Bonchev–Trinajstić information content (AvgIpc) is 3.19. The number of aromatic nitrogens is 2. The molecule has 0 spiro atoms. The van der Waals surface area contributed by atoms with E-state index in [1.807, 2.05) is 44.2 Å². The highest BCUT2D eigenvalue weighted by Gasteiger charge is 2.19. The number of carbonyl (C=O) groups excluding carboxylic acids is 2. The molecule has 0 saturated carbocycles. The first-order chi connectivity index (χ1) is 14.4. The summed E-state index contributed by atoms with van der Waals surface area (Å²) in [6.07, 6.45) is 0.105. The predicted molar refractivity (Wildman–Crippen MR) is 116 cm³/mol. The second kappa shape index (κ2) is 10.1. The van der Waals surface area contributed by atoms with Crippen LogP contribution in [0.2, 0.25) is 0 Å². The van der Waals surface area contributed by atoms with Crippen molar-refractivity contribution in [3.05, 3.63) is 66.0 Å². The van der Waals surface area contributed by atoms with E-state index in [1.165, 1.54) is 29.5 Å². The number of hydrogen-bond acceptors (Lipinski definition) is 5. The molecule has 6 nitrogen and oxygen atoms in total. The Morgan fingerprint density at radius 1 is 1.10 bits per heavy atom. The van der Waals surface area contributed by atoms with E-state index in [9.17, 15) is 14.0 Å². The van der Waals surface area contributed by atoms with Gasteiger partial charge in [0.15, 0.2) is 0 Å². The van der Waals surface area contributed by atoms with Crippen LogP contribution in [-0.2, 0) is 4.79 Å². The lowest BCUT2D eigenvalue weighted by Crippen LogP contribution is -2.36. The second-order valence-corrected chi connectivity index (χ2v) is 8.21.